The van der Waals surface area contributed by atoms with Gasteiger partial charge in [0.2, 0.25) is 0 Å². The first-order valence-electron chi connectivity index (χ1n) is 13.3. The van der Waals surface area contributed by atoms with Gasteiger partial charge in [-0.15, -0.1) is 0 Å². The van der Waals surface area contributed by atoms with Crippen molar-refractivity contribution in [3.05, 3.63) is 47.1 Å². The maximum absolute atomic E-state index is 13.0. The van der Waals surface area contributed by atoms with E-state index in [0.29, 0.717) is 35.1 Å². The van der Waals surface area contributed by atoms with E-state index in [1.54, 1.807) is 59.8 Å². The lowest BCUT2D eigenvalue weighted by atomic mass is 9.73. The number of carbonyl (C=O) groups excluding carboxylic acids is 3. The fraction of sp³-hybridized carbons (Fsp3) is 0.633. The van der Waals surface area contributed by atoms with Crippen molar-refractivity contribution < 1.29 is 38.1 Å². The van der Waals surface area contributed by atoms with Crippen LogP contribution in [0, 0.1) is 5.92 Å². The lowest BCUT2D eigenvalue weighted by Gasteiger charge is -2.40. The summed E-state index contributed by atoms with van der Waals surface area (Å²) in [5, 5.41) is 0. The number of hydrogen-bond acceptors (Lipinski definition) is 8. The Morgan fingerprint density at radius 1 is 0.895 bits per heavy atom. The van der Waals surface area contributed by atoms with Crippen molar-refractivity contribution in [2.24, 2.45) is 5.92 Å². The quantitative estimate of drug-likeness (QED) is 0.129. The Balaban J connectivity index is 1.97. The lowest BCUT2D eigenvalue weighted by molar-refractivity contribution is -0.174. The van der Waals surface area contributed by atoms with Gasteiger partial charge in [-0.1, -0.05) is 24.8 Å². The molecular formula is C30H42O8. The third-order valence-corrected chi connectivity index (χ3v) is 8.18. The van der Waals surface area contributed by atoms with Gasteiger partial charge in [0.25, 0.3) is 0 Å². The van der Waals surface area contributed by atoms with Gasteiger partial charge < -0.3 is 23.7 Å². The molecule has 0 aromatic carbocycles. The SMILES string of the molecule is C=C([C@H](C[C@H]1OC1(C)C)OC(=O)/C(C)=C\C)[C@@H]1C[C@@H]2O[C@]2(C)[C@H](OC(=O)/C(C)=C\C)[C@H]1OC(=O)/C(C)=C\C. The monoisotopic (exact) mass is 530 g/mol. The van der Waals surface area contributed by atoms with Gasteiger partial charge in [-0.05, 0) is 74.3 Å². The highest BCUT2D eigenvalue weighted by molar-refractivity contribution is 5.89. The Bertz CT molecular complexity index is 1080. The molecular weight excluding hydrogens is 488 g/mol. The summed E-state index contributed by atoms with van der Waals surface area (Å²) in [7, 11) is 0. The molecule has 0 unspecified atom stereocenters. The summed E-state index contributed by atoms with van der Waals surface area (Å²) in [5.74, 6) is -1.97. The molecule has 2 heterocycles. The zero-order valence-electron chi connectivity index (χ0n) is 24.1. The molecule has 0 spiro atoms. The normalized spacial score (nSPS) is 33.0. The molecule has 8 nitrogen and oxygen atoms in total. The number of ether oxygens (including phenoxy) is 5. The molecule has 2 aliphatic heterocycles. The molecule has 2 saturated heterocycles. The molecule has 3 aliphatic rings. The standard InChI is InChI=1S/C30H42O8/c1-11-16(4)26(31)34-21(15-22-29(8,9)37-22)19(7)20-14-23-30(10,38-23)25(36-28(33)18(6)13-3)24(20)35-27(32)17(5)12-2/h11-13,20-25H,7,14-15H2,1-6,8-10H3/b16-11-,17-12-,18-13-/t20-,21-,22+,23-,24-,25+,30-/m0/s1. The van der Waals surface area contributed by atoms with E-state index in [2.05, 4.69) is 6.58 Å². The average Bonchev–Trinajstić information content (AvgIpc) is 3.74. The minimum atomic E-state index is -0.889. The van der Waals surface area contributed by atoms with Crippen molar-refractivity contribution in [2.75, 3.05) is 0 Å². The van der Waals surface area contributed by atoms with Crippen molar-refractivity contribution in [2.45, 2.75) is 117 Å². The van der Waals surface area contributed by atoms with E-state index in [9.17, 15) is 14.4 Å². The molecule has 0 aromatic rings. The Hall–Kier alpha value is -2.71. The van der Waals surface area contributed by atoms with Crippen molar-refractivity contribution >= 4 is 17.9 Å². The van der Waals surface area contributed by atoms with Gasteiger partial charge in [0.15, 0.2) is 6.10 Å². The molecule has 0 N–H and O–H groups in total. The van der Waals surface area contributed by atoms with Gasteiger partial charge >= 0.3 is 17.9 Å². The zero-order valence-corrected chi connectivity index (χ0v) is 24.1. The number of epoxide rings is 2. The summed E-state index contributed by atoms with van der Waals surface area (Å²) in [6, 6.07) is 0. The number of esters is 3. The van der Waals surface area contributed by atoms with E-state index in [0.717, 1.165) is 0 Å². The molecule has 0 bridgehead atoms. The molecule has 7 atom stereocenters. The first-order chi connectivity index (χ1) is 17.7. The van der Waals surface area contributed by atoms with Gasteiger partial charge in [-0.2, -0.15) is 0 Å². The first kappa shape index (κ1) is 29.8. The highest BCUT2D eigenvalue weighted by Crippen LogP contribution is 2.54. The van der Waals surface area contributed by atoms with Gasteiger partial charge in [0, 0.05) is 29.1 Å². The van der Waals surface area contributed by atoms with Crippen LogP contribution in [0.1, 0.15) is 75.2 Å². The predicted molar refractivity (Wildman–Crippen MR) is 142 cm³/mol. The lowest BCUT2D eigenvalue weighted by Crippen LogP contribution is -2.54. The first-order valence-corrected chi connectivity index (χ1v) is 13.3. The van der Waals surface area contributed by atoms with Crippen LogP contribution in [0.4, 0.5) is 0 Å². The van der Waals surface area contributed by atoms with Crippen molar-refractivity contribution in [1.82, 2.24) is 0 Å². The third kappa shape index (κ3) is 6.12. The largest absolute Gasteiger partial charge is 0.454 e. The molecule has 3 fully saturated rings. The Kier molecular flexibility index (Phi) is 8.78. The number of allylic oxidation sites excluding steroid dienone is 3. The summed E-state index contributed by atoms with van der Waals surface area (Å²) in [5.41, 5.74) is 0.773. The second-order valence-electron chi connectivity index (χ2n) is 11.2. The van der Waals surface area contributed by atoms with Crippen LogP contribution in [0.2, 0.25) is 0 Å². The van der Waals surface area contributed by atoms with Crippen LogP contribution in [0.5, 0.6) is 0 Å². The summed E-state index contributed by atoms with van der Waals surface area (Å²) in [4.78, 5) is 38.6. The van der Waals surface area contributed by atoms with Crippen molar-refractivity contribution in [3.63, 3.8) is 0 Å². The molecule has 0 amide bonds. The Labute approximate surface area is 226 Å². The molecule has 38 heavy (non-hydrogen) atoms. The molecule has 0 aromatic heterocycles. The van der Waals surface area contributed by atoms with E-state index < -0.39 is 47.7 Å². The maximum Gasteiger partial charge on any atom is 0.333 e. The molecule has 210 valence electrons. The van der Waals surface area contributed by atoms with Gasteiger partial charge in [-0.25, -0.2) is 14.4 Å². The number of carbonyl (C=O) groups is 3. The van der Waals surface area contributed by atoms with Gasteiger partial charge in [-0.3, -0.25) is 0 Å². The fourth-order valence-corrected chi connectivity index (χ4v) is 4.77. The second-order valence-corrected chi connectivity index (χ2v) is 11.2. The van der Waals surface area contributed by atoms with E-state index in [1.165, 1.54) is 0 Å². The van der Waals surface area contributed by atoms with E-state index in [-0.39, 0.29) is 17.8 Å². The molecule has 3 rings (SSSR count). The van der Waals surface area contributed by atoms with Crippen LogP contribution >= 0.6 is 0 Å². The topological polar surface area (TPSA) is 104 Å². The van der Waals surface area contributed by atoms with Gasteiger partial charge in [0.05, 0.1) is 17.8 Å². The van der Waals surface area contributed by atoms with Crippen LogP contribution < -0.4 is 0 Å². The molecule has 1 aliphatic carbocycles. The van der Waals surface area contributed by atoms with Crippen LogP contribution in [-0.4, -0.2) is 59.6 Å². The van der Waals surface area contributed by atoms with E-state index in [4.69, 9.17) is 23.7 Å². The van der Waals surface area contributed by atoms with Gasteiger partial charge in [0.1, 0.15) is 17.8 Å². The van der Waals surface area contributed by atoms with Crippen molar-refractivity contribution in [3.8, 4) is 0 Å². The Morgan fingerprint density at radius 3 is 1.89 bits per heavy atom. The zero-order chi connectivity index (χ0) is 28.6. The average molecular weight is 531 g/mol. The number of hydrogen-bond donors (Lipinski definition) is 0. The van der Waals surface area contributed by atoms with Crippen LogP contribution in [-0.2, 0) is 38.1 Å². The van der Waals surface area contributed by atoms with Crippen LogP contribution in [0.3, 0.4) is 0 Å². The predicted octanol–water partition coefficient (Wildman–Crippen LogP) is 4.92. The molecule has 8 heteroatoms. The van der Waals surface area contributed by atoms with Crippen LogP contribution in [0.15, 0.2) is 47.1 Å². The minimum absolute atomic E-state index is 0.119. The highest BCUT2D eigenvalue weighted by Gasteiger charge is 2.68. The summed E-state index contributed by atoms with van der Waals surface area (Å²) in [6.07, 6.45) is 3.09. The molecule has 1 saturated carbocycles. The second kappa shape index (κ2) is 11.2. The minimum Gasteiger partial charge on any atom is -0.454 e. The number of fused-ring (bicyclic) bond motifs is 1. The maximum atomic E-state index is 13.0. The fourth-order valence-electron chi connectivity index (χ4n) is 4.77. The smallest absolute Gasteiger partial charge is 0.333 e. The van der Waals surface area contributed by atoms with E-state index >= 15 is 0 Å². The molecule has 0 radical (unpaired) electrons. The summed E-state index contributed by atoms with van der Waals surface area (Å²) < 4.78 is 29.7. The third-order valence-electron chi connectivity index (χ3n) is 8.18. The summed E-state index contributed by atoms with van der Waals surface area (Å²) >= 11 is 0. The summed E-state index contributed by atoms with van der Waals surface area (Å²) in [6.45, 7) is 20.4. The van der Waals surface area contributed by atoms with E-state index in [1.807, 2.05) is 20.8 Å². The van der Waals surface area contributed by atoms with Crippen LogP contribution in [0.25, 0.3) is 0 Å². The Morgan fingerprint density at radius 2 is 1.39 bits per heavy atom. The number of rotatable bonds is 10. The highest BCUT2D eigenvalue weighted by atomic mass is 16.7. The van der Waals surface area contributed by atoms with Crippen molar-refractivity contribution in [1.29, 1.82) is 0 Å².